The molecular weight excluding hydrogens is 555 g/mol. The van der Waals surface area contributed by atoms with Gasteiger partial charge in [0.2, 0.25) is 0 Å². The topological polar surface area (TPSA) is 208 Å². The molecule has 0 saturated carbocycles. The Morgan fingerprint density at radius 1 is 0.486 bits per heavy atom. The van der Waals surface area contributed by atoms with Crippen LogP contribution in [0.15, 0.2) is 97.6 Å². The first-order chi connectivity index (χ1) is 16.4. The van der Waals surface area contributed by atoms with Crippen LogP contribution in [-0.2, 0) is 20.4 Å². The average Bonchev–Trinajstić information content (AvgIpc) is 2.82. The zero-order valence-electron chi connectivity index (χ0n) is 17.7. The summed E-state index contributed by atoms with van der Waals surface area (Å²) in [5.41, 5.74) is 0. The van der Waals surface area contributed by atoms with Crippen molar-refractivity contribution in [2.24, 2.45) is 0 Å². The van der Waals surface area contributed by atoms with E-state index in [1.165, 1.54) is 0 Å². The van der Waals surface area contributed by atoms with Gasteiger partial charge in [0.15, 0.2) is 0 Å². The molecule has 2 N–H and O–H groups in total. The molecule has 15 heteroatoms. The second-order valence-corrected chi connectivity index (χ2v) is 5.56. The molecule has 4 heterocycles. The summed E-state index contributed by atoms with van der Waals surface area (Å²) in [6, 6.07) is 22.8. The summed E-state index contributed by atoms with van der Waals surface area (Å²) in [5, 5.41) is 35.7. The van der Waals surface area contributed by atoms with E-state index in [0.717, 1.165) is 23.3 Å². The van der Waals surface area contributed by atoms with Crippen LogP contribution in [0, 0.1) is 30.6 Å². The number of hydrogen-bond donors (Lipinski definition) is 2. The first-order valence-corrected chi connectivity index (χ1v) is 9.18. The van der Waals surface area contributed by atoms with Crippen LogP contribution in [0.3, 0.4) is 0 Å². The van der Waals surface area contributed by atoms with Gasteiger partial charge in [-0.25, -0.2) is 19.9 Å². The van der Waals surface area contributed by atoms with E-state index in [4.69, 9.17) is 30.6 Å². The normalized spacial score (nSPS) is 8.46. The summed E-state index contributed by atoms with van der Waals surface area (Å²) in [4.78, 5) is 33.0. The zero-order valence-corrected chi connectivity index (χ0v) is 19.2. The van der Waals surface area contributed by atoms with E-state index in [-0.39, 0.29) is 20.4 Å². The van der Waals surface area contributed by atoms with E-state index in [0.29, 0.717) is 0 Å². The van der Waals surface area contributed by atoms with Crippen molar-refractivity contribution in [1.82, 2.24) is 19.9 Å². The molecule has 14 nitrogen and oxygen atoms in total. The number of nitrogens with one attached hydrogen (secondary N) is 2. The van der Waals surface area contributed by atoms with Gasteiger partial charge in [-0.2, -0.15) is 0 Å². The van der Waals surface area contributed by atoms with Gasteiger partial charge in [0.05, 0.1) is 10.2 Å². The Hall–Kier alpha value is -4.74. The van der Waals surface area contributed by atoms with E-state index >= 15 is 0 Å². The van der Waals surface area contributed by atoms with Gasteiger partial charge in [0.1, 0.15) is 23.3 Å². The van der Waals surface area contributed by atoms with Gasteiger partial charge < -0.3 is 41.3 Å². The summed E-state index contributed by atoms with van der Waals surface area (Å²) in [6.07, 6.45) is 6.97. The first kappa shape index (κ1) is 30.3. The quantitative estimate of drug-likeness (QED) is 0.202. The van der Waals surface area contributed by atoms with Crippen LogP contribution < -0.4 is 10.6 Å². The predicted molar refractivity (Wildman–Crippen MR) is 124 cm³/mol. The molecule has 4 aromatic rings. The van der Waals surface area contributed by atoms with E-state index in [1.54, 1.807) is 24.8 Å². The maximum atomic E-state index is 8.25. The number of anilines is 4. The molecular formula is C20H18N8O6Pd. The zero-order chi connectivity index (χ0) is 25.0. The molecule has 0 saturated heterocycles. The van der Waals surface area contributed by atoms with Gasteiger partial charge in [-0.3, -0.25) is 0 Å². The Kier molecular flexibility index (Phi) is 16.3. The van der Waals surface area contributed by atoms with Gasteiger partial charge in [-0.1, -0.05) is 24.3 Å². The third-order valence-electron chi connectivity index (χ3n) is 3.17. The molecule has 0 aliphatic heterocycles. The predicted octanol–water partition coefficient (Wildman–Crippen LogP) is 3.96. The average molecular weight is 573 g/mol. The molecule has 184 valence electrons. The molecule has 0 radical (unpaired) electrons. The minimum atomic E-state index is -1.75. The minimum Gasteiger partial charge on any atom is -0.356 e. The Labute approximate surface area is 212 Å². The molecule has 0 amide bonds. The number of pyridine rings is 4. The molecule has 0 aliphatic rings. The van der Waals surface area contributed by atoms with Crippen molar-refractivity contribution in [1.29, 1.82) is 0 Å². The van der Waals surface area contributed by atoms with Crippen molar-refractivity contribution in [3.63, 3.8) is 0 Å². The largest absolute Gasteiger partial charge is 2.00 e. The van der Waals surface area contributed by atoms with Crippen LogP contribution in [0.4, 0.5) is 23.3 Å². The third kappa shape index (κ3) is 17.5. The molecule has 4 rings (SSSR count). The molecule has 0 fully saturated rings. The number of aromatic nitrogens is 4. The van der Waals surface area contributed by atoms with Gasteiger partial charge in [-0.05, 0) is 48.5 Å². The summed E-state index contributed by atoms with van der Waals surface area (Å²) >= 11 is 0. The second kappa shape index (κ2) is 18.8. The Morgan fingerprint density at radius 2 is 0.686 bits per heavy atom. The number of rotatable bonds is 4. The van der Waals surface area contributed by atoms with Gasteiger partial charge in [0, 0.05) is 24.8 Å². The molecule has 0 unspecified atom stereocenters. The Morgan fingerprint density at radius 3 is 0.829 bits per heavy atom. The van der Waals surface area contributed by atoms with Crippen LogP contribution in [0.5, 0.6) is 0 Å². The summed E-state index contributed by atoms with van der Waals surface area (Å²) < 4.78 is 0. The molecule has 0 bridgehead atoms. The van der Waals surface area contributed by atoms with Gasteiger partial charge in [0.25, 0.3) is 0 Å². The maximum absolute atomic E-state index is 8.25. The molecule has 0 spiro atoms. The van der Waals surface area contributed by atoms with Crippen molar-refractivity contribution < 1.29 is 30.6 Å². The second-order valence-electron chi connectivity index (χ2n) is 5.56. The Balaban J connectivity index is 0.000000499. The van der Waals surface area contributed by atoms with Crippen LogP contribution in [0.1, 0.15) is 0 Å². The van der Waals surface area contributed by atoms with Gasteiger partial charge in [-0.15, -0.1) is 0 Å². The van der Waals surface area contributed by atoms with Crippen molar-refractivity contribution in [3.8, 4) is 0 Å². The summed E-state index contributed by atoms with van der Waals surface area (Å²) in [5.74, 6) is 3.23. The van der Waals surface area contributed by atoms with Crippen LogP contribution in [-0.4, -0.2) is 30.1 Å². The molecule has 4 aromatic heterocycles. The van der Waals surface area contributed by atoms with E-state index in [2.05, 4.69) is 30.6 Å². The van der Waals surface area contributed by atoms with E-state index in [1.807, 2.05) is 72.8 Å². The van der Waals surface area contributed by atoms with Crippen molar-refractivity contribution >= 4 is 23.3 Å². The fourth-order valence-corrected chi connectivity index (χ4v) is 2.01. The van der Waals surface area contributed by atoms with Crippen molar-refractivity contribution in [2.75, 3.05) is 10.6 Å². The Bertz CT molecular complexity index is 912. The van der Waals surface area contributed by atoms with Crippen LogP contribution in [0.2, 0.25) is 0 Å². The van der Waals surface area contributed by atoms with E-state index < -0.39 is 10.2 Å². The van der Waals surface area contributed by atoms with Crippen LogP contribution in [0.25, 0.3) is 0 Å². The van der Waals surface area contributed by atoms with Crippen LogP contribution >= 0.6 is 0 Å². The summed E-state index contributed by atoms with van der Waals surface area (Å²) in [7, 11) is 0. The van der Waals surface area contributed by atoms with Gasteiger partial charge >= 0.3 is 20.4 Å². The van der Waals surface area contributed by atoms with Crippen molar-refractivity contribution in [2.45, 2.75) is 0 Å². The fraction of sp³-hybridized carbons (Fsp3) is 0. The third-order valence-corrected chi connectivity index (χ3v) is 3.17. The summed E-state index contributed by atoms with van der Waals surface area (Å²) in [6.45, 7) is 0. The smallest absolute Gasteiger partial charge is 0.356 e. The monoisotopic (exact) mass is 572 g/mol. The SMILES string of the molecule is O=[N+]([O-])[O-].O=[N+]([O-])[O-].[Pd+2].c1ccc(Nc2ccccn2)nc1.c1ccc(Nc2ccccn2)nc1. The molecule has 0 atom stereocenters. The molecule has 0 aromatic carbocycles. The standard InChI is InChI=1S/2C10H9N3.2NO3.Pd/c2*1-3-7-11-9(5-1)13-10-6-2-4-8-12-10;2*2-1(3)4;/h2*1-8H,(H,11,12,13);;;/q;;2*-1;+2. The fourth-order valence-electron chi connectivity index (χ4n) is 2.01. The first-order valence-electron chi connectivity index (χ1n) is 9.18. The van der Waals surface area contributed by atoms with E-state index in [9.17, 15) is 0 Å². The maximum Gasteiger partial charge on any atom is 2.00 e. The number of hydrogen-bond acceptors (Lipinski definition) is 12. The molecule has 0 aliphatic carbocycles. The minimum absolute atomic E-state index is 0. The number of nitrogens with zero attached hydrogens (tertiary/aromatic N) is 6. The van der Waals surface area contributed by atoms with Crippen molar-refractivity contribution in [3.05, 3.63) is 128 Å². The molecule has 35 heavy (non-hydrogen) atoms.